The average Bonchev–Trinajstić information content (AvgIpc) is 2.97. The SMILES string of the molecule is Cc1ccc(C(=O)[C@H](C)OC(=O)c2ccc([N+](=O)[O-])s2)cc1. The van der Waals surface area contributed by atoms with Crippen molar-refractivity contribution in [3.8, 4) is 0 Å². The van der Waals surface area contributed by atoms with Crippen LogP contribution in [0.4, 0.5) is 5.00 Å². The van der Waals surface area contributed by atoms with Crippen molar-refractivity contribution in [1.82, 2.24) is 0 Å². The zero-order valence-electron chi connectivity index (χ0n) is 11.9. The van der Waals surface area contributed by atoms with Crippen LogP contribution in [0, 0.1) is 17.0 Å². The van der Waals surface area contributed by atoms with Gasteiger partial charge in [-0.1, -0.05) is 41.2 Å². The first-order valence-electron chi connectivity index (χ1n) is 6.44. The third-order valence-electron chi connectivity index (χ3n) is 2.96. The molecule has 0 spiro atoms. The van der Waals surface area contributed by atoms with E-state index in [-0.39, 0.29) is 15.7 Å². The number of rotatable bonds is 5. The van der Waals surface area contributed by atoms with Gasteiger partial charge in [-0.05, 0) is 19.9 Å². The number of carbonyl (C=O) groups excluding carboxylic acids is 2. The predicted octanol–water partition coefficient (Wildman–Crippen LogP) is 3.39. The first kappa shape index (κ1) is 15.8. The molecule has 1 heterocycles. The van der Waals surface area contributed by atoms with E-state index in [1.54, 1.807) is 24.3 Å². The zero-order valence-corrected chi connectivity index (χ0v) is 12.8. The van der Waals surface area contributed by atoms with Crippen molar-refractivity contribution in [3.63, 3.8) is 0 Å². The minimum Gasteiger partial charge on any atom is -0.450 e. The molecule has 1 aromatic carbocycles. The molecule has 6 nitrogen and oxygen atoms in total. The summed E-state index contributed by atoms with van der Waals surface area (Å²) >= 11 is 0.716. The van der Waals surface area contributed by atoms with Gasteiger partial charge in [0.2, 0.25) is 5.78 Å². The van der Waals surface area contributed by atoms with Crippen molar-refractivity contribution in [2.75, 3.05) is 0 Å². The van der Waals surface area contributed by atoms with Crippen LogP contribution >= 0.6 is 11.3 Å². The minimum absolute atomic E-state index is 0.0928. The Kier molecular flexibility index (Phi) is 4.67. The molecule has 0 aliphatic heterocycles. The first-order chi connectivity index (χ1) is 10.4. The molecule has 22 heavy (non-hydrogen) atoms. The van der Waals surface area contributed by atoms with Crippen molar-refractivity contribution >= 4 is 28.1 Å². The van der Waals surface area contributed by atoms with Crippen molar-refractivity contribution in [2.24, 2.45) is 0 Å². The number of ketones is 1. The number of carbonyl (C=O) groups is 2. The van der Waals surface area contributed by atoms with Gasteiger partial charge in [-0.3, -0.25) is 14.9 Å². The maximum absolute atomic E-state index is 12.2. The second-order valence-corrected chi connectivity index (χ2v) is 5.74. The molecule has 0 aliphatic rings. The van der Waals surface area contributed by atoms with Crippen LogP contribution in [0.1, 0.15) is 32.5 Å². The molecule has 1 aromatic heterocycles. The van der Waals surface area contributed by atoms with Gasteiger partial charge in [0.15, 0.2) is 6.10 Å². The number of thiophene rings is 1. The third kappa shape index (κ3) is 3.56. The number of nitrogens with zero attached hydrogens (tertiary/aromatic N) is 1. The summed E-state index contributed by atoms with van der Waals surface area (Å²) < 4.78 is 5.08. The summed E-state index contributed by atoms with van der Waals surface area (Å²) in [4.78, 5) is 34.1. The molecule has 0 amide bonds. The van der Waals surface area contributed by atoms with Gasteiger partial charge in [0.1, 0.15) is 4.88 Å². The van der Waals surface area contributed by atoms with Gasteiger partial charge >= 0.3 is 11.0 Å². The van der Waals surface area contributed by atoms with Crippen molar-refractivity contribution in [3.05, 3.63) is 62.5 Å². The minimum atomic E-state index is -0.962. The van der Waals surface area contributed by atoms with Gasteiger partial charge < -0.3 is 4.74 Å². The number of Topliss-reactive ketones (excluding diaryl/α,β-unsaturated/α-hetero) is 1. The smallest absolute Gasteiger partial charge is 0.349 e. The van der Waals surface area contributed by atoms with E-state index in [2.05, 4.69) is 0 Å². The molecule has 2 aromatic rings. The second kappa shape index (κ2) is 6.48. The van der Waals surface area contributed by atoms with E-state index in [0.717, 1.165) is 5.56 Å². The monoisotopic (exact) mass is 319 g/mol. The van der Waals surface area contributed by atoms with E-state index in [4.69, 9.17) is 4.74 Å². The van der Waals surface area contributed by atoms with Gasteiger partial charge in [-0.2, -0.15) is 0 Å². The maximum Gasteiger partial charge on any atom is 0.349 e. The molecule has 0 saturated carbocycles. The van der Waals surface area contributed by atoms with Crippen LogP contribution in [0.25, 0.3) is 0 Å². The first-order valence-corrected chi connectivity index (χ1v) is 7.26. The molecule has 0 saturated heterocycles. The largest absolute Gasteiger partial charge is 0.450 e. The molecule has 114 valence electrons. The Morgan fingerprint density at radius 2 is 1.82 bits per heavy atom. The summed E-state index contributed by atoms with van der Waals surface area (Å²) in [5, 5.41) is 10.4. The molecule has 7 heteroatoms. The van der Waals surface area contributed by atoms with E-state index in [1.165, 1.54) is 19.1 Å². The summed E-state index contributed by atoms with van der Waals surface area (Å²) in [7, 11) is 0. The summed E-state index contributed by atoms with van der Waals surface area (Å²) in [6.07, 6.45) is -0.962. The normalized spacial score (nSPS) is 11.7. The van der Waals surface area contributed by atoms with Gasteiger partial charge in [0.25, 0.3) is 0 Å². The number of hydrogen-bond donors (Lipinski definition) is 0. The molecule has 0 aliphatic carbocycles. The van der Waals surface area contributed by atoms with Crippen molar-refractivity contribution in [2.45, 2.75) is 20.0 Å². The van der Waals surface area contributed by atoms with Crippen molar-refractivity contribution in [1.29, 1.82) is 0 Å². The van der Waals surface area contributed by atoms with Crippen LogP contribution in [-0.2, 0) is 4.74 Å². The lowest BCUT2D eigenvalue weighted by molar-refractivity contribution is -0.380. The Morgan fingerprint density at radius 1 is 1.18 bits per heavy atom. The highest BCUT2D eigenvalue weighted by atomic mass is 32.1. The Balaban J connectivity index is 2.05. The quantitative estimate of drug-likeness (QED) is 0.365. The second-order valence-electron chi connectivity index (χ2n) is 4.67. The predicted molar refractivity (Wildman–Crippen MR) is 81.4 cm³/mol. The number of ether oxygens (including phenoxy) is 1. The van der Waals surface area contributed by atoms with Crippen LogP contribution in [0.5, 0.6) is 0 Å². The maximum atomic E-state index is 12.2. The highest BCUT2D eigenvalue weighted by molar-refractivity contribution is 7.17. The van der Waals surface area contributed by atoms with E-state index >= 15 is 0 Å². The Morgan fingerprint density at radius 3 is 2.36 bits per heavy atom. The molecule has 1 atom stereocenters. The van der Waals surface area contributed by atoms with Gasteiger partial charge in [-0.25, -0.2) is 4.79 Å². The Labute approximate surface area is 130 Å². The lowest BCUT2D eigenvalue weighted by Gasteiger charge is -2.11. The third-order valence-corrected chi connectivity index (χ3v) is 3.98. The molecule has 0 radical (unpaired) electrons. The fourth-order valence-electron chi connectivity index (χ4n) is 1.76. The molecular formula is C15H13NO5S. The number of benzene rings is 1. The van der Waals surface area contributed by atoms with E-state index < -0.39 is 17.0 Å². The summed E-state index contributed by atoms with van der Waals surface area (Å²) in [6.45, 7) is 3.38. The molecule has 0 bridgehead atoms. The standard InChI is InChI=1S/C15H13NO5S/c1-9-3-5-11(6-4-9)14(17)10(2)21-15(18)12-7-8-13(22-12)16(19)20/h3-8,10H,1-2H3/t10-/m0/s1. The lowest BCUT2D eigenvalue weighted by atomic mass is 10.1. The fourth-order valence-corrected chi connectivity index (χ4v) is 2.46. The zero-order chi connectivity index (χ0) is 16.3. The summed E-state index contributed by atoms with van der Waals surface area (Å²) in [6, 6.07) is 9.46. The van der Waals surface area contributed by atoms with Gasteiger partial charge in [0, 0.05) is 11.6 Å². The van der Waals surface area contributed by atoms with Crippen LogP contribution in [0.3, 0.4) is 0 Å². The lowest BCUT2D eigenvalue weighted by Crippen LogP contribution is -2.24. The number of hydrogen-bond acceptors (Lipinski definition) is 6. The highest BCUT2D eigenvalue weighted by Crippen LogP contribution is 2.25. The number of nitro groups is 1. The number of esters is 1. The molecule has 0 N–H and O–H groups in total. The van der Waals surface area contributed by atoms with Crippen LogP contribution in [0.2, 0.25) is 0 Å². The van der Waals surface area contributed by atoms with Gasteiger partial charge in [-0.15, -0.1) is 0 Å². The summed E-state index contributed by atoms with van der Waals surface area (Å²) in [5.41, 5.74) is 1.47. The topological polar surface area (TPSA) is 86.5 Å². The molecule has 0 unspecified atom stereocenters. The summed E-state index contributed by atoms with van der Waals surface area (Å²) in [5.74, 6) is -1.06. The van der Waals surface area contributed by atoms with E-state index in [0.29, 0.717) is 16.9 Å². The molecular weight excluding hydrogens is 306 g/mol. The Bertz CT molecular complexity index is 720. The van der Waals surface area contributed by atoms with Crippen LogP contribution in [0.15, 0.2) is 36.4 Å². The molecule has 2 rings (SSSR count). The highest BCUT2D eigenvalue weighted by Gasteiger charge is 2.22. The van der Waals surface area contributed by atoms with E-state index in [1.807, 2.05) is 6.92 Å². The number of aryl methyl sites for hydroxylation is 1. The molecule has 0 fully saturated rings. The Hall–Kier alpha value is -2.54. The average molecular weight is 319 g/mol. The van der Waals surface area contributed by atoms with E-state index in [9.17, 15) is 19.7 Å². The van der Waals surface area contributed by atoms with Crippen LogP contribution < -0.4 is 0 Å². The van der Waals surface area contributed by atoms with Gasteiger partial charge in [0.05, 0.1) is 4.92 Å². The van der Waals surface area contributed by atoms with Crippen molar-refractivity contribution < 1.29 is 19.2 Å². The van der Waals surface area contributed by atoms with Crippen LogP contribution in [-0.4, -0.2) is 22.8 Å². The fraction of sp³-hybridized carbons (Fsp3) is 0.200.